The summed E-state index contributed by atoms with van der Waals surface area (Å²) in [6.07, 6.45) is 0. The third-order valence-electron chi connectivity index (χ3n) is 3.79. The number of allylic oxidation sites excluding steroid dienone is 1. The minimum atomic E-state index is -0.741. The molecule has 0 amide bonds. The molecule has 1 aromatic carbocycles. The summed E-state index contributed by atoms with van der Waals surface area (Å²) in [6.45, 7) is -0.456. The van der Waals surface area contributed by atoms with Crippen molar-refractivity contribution in [2.45, 2.75) is 12.5 Å². The van der Waals surface area contributed by atoms with E-state index in [1.54, 1.807) is 18.2 Å². The number of nitrogens with two attached hydrogens (primary N) is 1. The van der Waals surface area contributed by atoms with Gasteiger partial charge in [0.1, 0.15) is 29.8 Å². The Morgan fingerprint density at radius 1 is 1.44 bits per heavy atom. The number of aliphatic hydroxyl groups excluding tert-OH is 1. The Labute approximate surface area is 151 Å². The van der Waals surface area contributed by atoms with E-state index in [9.17, 15) is 15.2 Å². The van der Waals surface area contributed by atoms with E-state index < -0.39 is 18.0 Å². The minimum Gasteiger partial charge on any atom is -0.496 e. The van der Waals surface area contributed by atoms with Crippen LogP contribution in [0.25, 0.3) is 0 Å². The predicted molar refractivity (Wildman–Crippen MR) is 90.9 cm³/mol. The average molecular weight is 405 g/mol. The Balaban J connectivity index is 2.27. The Kier molecular flexibility index (Phi) is 4.53. The average Bonchev–Trinajstić information content (AvgIpc) is 2.61. The fourth-order valence-corrected chi connectivity index (χ4v) is 3.22. The Bertz CT molecular complexity index is 974. The van der Waals surface area contributed by atoms with Crippen molar-refractivity contribution >= 4 is 15.9 Å². The molecule has 0 saturated heterocycles. The number of hydrogen-bond acceptors (Lipinski definition) is 7. The number of halogens is 1. The number of fused-ring (bicyclic) bond motifs is 1. The molecule has 0 radical (unpaired) electrons. The molecular formula is C17H13BrN2O5. The quantitative estimate of drug-likeness (QED) is 0.803. The molecule has 1 atom stereocenters. The van der Waals surface area contributed by atoms with E-state index >= 15 is 0 Å². The topological polar surface area (TPSA) is 119 Å². The van der Waals surface area contributed by atoms with E-state index in [0.29, 0.717) is 15.8 Å². The summed E-state index contributed by atoms with van der Waals surface area (Å²) in [5.41, 5.74) is 6.11. The van der Waals surface area contributed by atoms with Crippen molar-refractivity contribution in [2.24, 2.45) is 5.73 Å². The van der Waals surface area contributed by atoms with Gasteiger partial charge in [0.25, 0.3) is 0 Å². The van der Waals surface area contributed by atoms with Crippen LogP contribution in [-0.2, 0) is 6.61 Å². The Morgan fingerprint density at radius 3 is 2.80 bits per heavy atom. The van der Waals surface area contributed by atoms with Gasteiger partial charge in [0.05, 0.1) is 17.5 Å². The van der Waals surface area contributed by atoms with Crippen LogP contribution in [0.1, 0.15) is 23.0 Å². The van der Waals surface area contributed by atoms with Crippen molar-refractivity contribution in [3.8, 4) is 17.6 Å². The van der Waals surface area contributed by atoms with Crippen molar-refractivity contribution in [3.63, 3.8) is 0 Å². The van der Waals surface area contributed by atoms with Crippen LogP contribution in [0.15, 0.2) is 49.4 Å². The van der Waals surface area contributed by atoms with Crippen molar-refractivity contribution in [2.75, 3.05) is 7.11 Å². The highest BCUT2D eigenvalue weighted by Gasteiger charge is 2.35. The molecule has 1 aromatic heterocycles. The fourth-order valence-electron chi connectivity index (χ4n) is 2.66. The normalized spacial score (nSPS) is 16.0. The maximum atomic E-state index is 12.2. The van der Waals surface area contributed by atoms with Gasteiger partial charge in [-0.2, -0.15) is 5.26 Å². The second-order valence-corrected chi connectivity index (χ2v) is 6.10. The first-order valence-corrected chi connectivity index (χ1v) is 7.98. The van der Waals surface area contributed by atoms with E-state index in [-0.39, 0.29) is 28.7 Å². The van der Waals surface area contributed by atoms with Crippen LogP contribution >= 0.6 is 15.9 Å². The molecule has 1 aliphatic rings. The van der Waals surface area contributed by atoms with Gasteiger partial charge >= 0.3 is 0 Å². The molecule has 2 aromatic rings. The minimum absolute atomic E-state index is 0.0719. The summed E-state index contributed by atoms with van der Waals surface area (Å²) in [7, 11) is 1.54. The summed E-state index contributed by atoms with van der Waals surface area (Å²) in [5.74, 6) is -0.184. The maximum absolute atomic E-state index is 12.2. The lowest BCUT2D eigenvalue weighted by Crippen LogP contribution is -2.25. The van der Waals surface area contributed by atoms with Gasteiger partial charge in [-0.25, -0.2) is 0 Å². The molecule has 0 spiro atoms. The molecule has 128 valence electrons. The van der Waals surface area contributed by atoms with Gasteiger partial charge in [-0.05, 0) is 33.6 Å². The number of nitriles is 1. The highest BCUT2D eigenvalue weighted by atomic mass is 79.9. The Morgan fingerprint density at radius 2 is 2.20 bits per heavy atom. The van der Waals surface area contributed by atoms with E-state index in [1.165, 1.54) is 7.11 Å². The van der Waals surface area contributed by atoms with Crippen molar-refractivity contribution < 1.29 is 19.0 Å². The molecule has 8 heteroatoms. The van der Waals surface area contributed by atoms with E-state index in [2.05, 4.69) is 15.9 Å². The number of methoxy groups -OCH3 is 1. The van der Waals surface area contributed by atoms with Crippen LogP contribution in [-0.4, -0.2) is 12.2 Å². The summed E-state index contributed by atoms with van der Waals surface area (Å²) >= 11 is 3.39. The molecule has 0 fully saturated rings. The van der Waals surface area contributed by atoms with Gasteiger partial charge in [0.15, 0.2) is 5.76 Å². The predicted octanol–water partition coefficient (Wildman–Crippen LogP) is 2.12. The standard InChI is InChI=1S/C17H13BrN2O5/c1-23-13-3-2-8(4-11(13)18)14-10(6-19)17(20)25-15-12(22)5-9(7-21)24-16(14)15/h2-5,14,21H,7,20H2,1H3. The SMILES string of the molecule is COc1ccc(C2C(C#N)=C(N)Oc3c2oc(CO)cc3=O)cc1Br. The molecule has 3 rings (SSSR count). The molecular weight excluding hydrogens is 392 g/mol. The molecule has 1 unspecified atom stereocenters. The van der Waals surface area contributed by atoms with Crippen LogP contribution < -0.4 is 20.6 Å². The van der Waals surface area contributed by atoms with Gasteiger partial charge in [-0.3, -0.25) is 4.79 Å². The van der Waals surface area contributed by atoms with Crippen LogP contribution in [0.5, 0.6) is 11.5 Å². The Hall–Kier alpha value is -2.76. The lowest BCUT2D eigenvalue weighted by Gasteiger charge is -2.25. The number of rotatable bonds is 3. The van der Waals surface area contributed by atoms with Crippen LogP contribution in [0.4, 0.5) is 0 Å². The first-order chi connectivity index (χ1) is 12.0. The molecule has 2 heterocycles. The van der Waals surface area contributed by atoms with Gasteiger partial charge in [0, 0.05) is 6.07 Å². The molecule has 0 saturated carbocycles. The number of ether oxygens (including phenoxy) is 2. The highest BCUT2D eigenvalue weighted by Crippen LogP contribution is 2.42. The van der Waals surface area contributed by atoms with E-state index in [1.807, 2.05) is 6.07 Å². The molecule has 3 N–H and O–H groups in total. The third-order valence-corrected chi connectivity index (χ3v) is 4.41. The summed E-state index contributed by atoms with van der Waals surface area (Å²) in [4.78, 5) is 12.2. The molecule has 7 nitrogen and oxygen atoms in total. The smallest absolute Gasteiger partial charge is 0.228 e. The lowest BCUT2D eigenvalue weighted by atomic mass is 9.87. The number of aliphatic hydroxyl groups is 1. The van der Waals surface area contributed by atoms with Gasteiger partial charge in [-0.15, -0.1) is 0 Å². The van der Waals surface area contributed by atoms with Gasteiger partial charge < -0.3 is 24.7 Å². The molecule has 25 heavy (non-hydrogen) atoms. The zero-order valence-electron chi connectivity index (χ0n) is 13.1. The van der Waals surface area contributed by atoms with Crippen molar-refractivity contribution in [3.05, 3.63) is 67.5 Å². The summed E-state index contributed by atoms with van der Waals surface area (Å²) in [5, 5.41) is 18.8. The molecule has 1 aliphatic heterocycles. The van der Waals surface area contributed by atoms with Crippen molar-refractivity contribution in [1.29, 1.82) is 5.26 Å². The maximum Gasteiger partial charge on any atom is 0.228 e. The molecule has 0 aliphatic carbocycles. The van der Waals surface area contributed by atoms with Gasteiger partial charge in [-0.1, -0.05) is 6.07 Å². The molecule has 0 bridgehead atoms. The monoisotopic (exact) mass is 404 g/mol. The summed E-state index contributed by atoms with van der Waals surface area (Å²) < 4.78 is 16.8. The van der Waals surface area contributed by atoms with E-state index in [0.717, 1.165) is 6.07 Å². The zero-order chi connectivity index (χ0) is 18.1. The fraction of sp³-hybridized carbons (Fsp3) is 0.176. The highest BCUT2D eigenvalue weighted by molar-refractivity contribution is 9.10. The zero-order valence-corrected chi connectivity index (χ0v) is 14.7. The second-order valence-electron chi connectivity index (χ2n) is 5.25. The third kappa shape index (κ3) is 2.88. The second kappa shape index (κ2) is 6.63. The van der Waals surface area contributed by atoms with Crippen molar-refractivity contribution in [1.82, 2.24) is 0 Å². The van der Waals surface area contributed by atoms with Crippen LogP contribution in [0.2, 0.25) is 0 Å². The number of hydrogen-bond donors (Lipinski definition) is 2. The first kappa shape index (κ1) is 17.1. The summed E-state index contributed by atoms with van der Waals surface area (Å²) in [6, 6.07) is 8.33. The van der Waals surface area contributed by atoms with E-state index in [4.69, 9.17) is 19.6 Å². The van der Waals surface area contributed by atoms with Crippen LogP contribution in [0, 0.1) is 11.3 Å². The largest absolute Gasteiger partial charge is 0.496 e. The lowest BCUT2D eigenvalue weighted by molar-refractivity contribution is 0.231. The first-order valence-electron chi connectivity index (χ1n) is 7.19. The van der Waals surface area contributed by atoms with Crippen LogP contribution in [0.3, 0.4) is 0 Å². The number of nitrogens with zero attached hydrogens (tertiary/aromatic N) is 1. The van der Waals surface area contributed by atoms with Gasteiger partial charge in [0.2, 0.25) is 17.1 Å². The number of benzene rings is 1.